The molecular weight excluding hydrogens is 240 g/mol. The summed E-state index contributed by atoms with van der Waals surface area (Å²) in [6.45, 7) is 3.73. The van der Waals surface area contributed by atoms with E-state index in [1.165, 1.54) is 0 Å². The third-order valence-corrected chi connectivity index (χ3v) is 3.94. The molecule has 1 aromatic rings. The van der Waals surface area contributed by atoms with E-state index >= 15 is 0 Å². The first-order valence-corrected chi connectivity index (χ1v) is 6.23. The van der Waals surface area contributed by atoms with Gasteiger partial charge in [-0.3, -0.25) is 0 Å². The van der Waals surface area contributed by atoms with E-state index in [0.717, 1.165) is 11.1 Å². The maximum Gasteiger partial charge on any atom is 0.133 e. The maximum atomic E-state index is 9.93. The molecule has 0 aliphatic heterocycles. The summed E-state index contributed by atoms with van der Waals surface area (Å²) in [6.07, 6.45) is 1.04. The van der Waals surface area contributed by atoms with Crippen LogP contribution in [0.5, 0.6) is 0 Å². The topological polar surface area (TPSA) is 40.5 Å². The Morgan fingerprint density at radius 2 is 1.12 bits per heavy atom. The Labute approximate surface area is 108 Å². The van der Waals surface area contributed by atoms with E-state index in [1.807, 2.05) is 13.8 Å². The first-order valence-electron chi connectivity index (χ1n) is 5.34. The average Bonchev–Trinajstić information content (AvgIpc) is 2.29. The van der Waals surface area contributed by atoms with Crippen LogP contribution in [-0.2, 0) is 9.87 Å². The molecule has 0 aliphatic carbocycles. The zero-order valence-corrected chi connectivity index (χ0v) is 11.3. The van der Waals surface area contributed by atoms with Crippen molar-refractivity contribution >= 4 is 25.3 Å². The number of rotatable bonds is 4. The van der Waals surface area contributed by atoms with Gasteiger partial charge in [0.05, 0.1) is 0 Å². The van der Waals surface area contributed by atoms with E-state index < -0.39 is 9.87 Å². The van der Waals surface area contributed by atoms with Gasteiger partial charge in [0.25, 0.3) is 0 Å². The van der Waals surface area contributed by atoms with Crippen LogP contribution in [0.4, 0.5) is 0 Å². The summed E-state index contributed by atoms with van der Waals surface area (Å²) in [5.74, 6) is 0. The smallest absolute Gasteiger partial charge is 0.133 e. The first kappa shape index (κ1) is 13.9. The second kappa shape index (κ2) is 5.00. The monoisotopic (exact) mass is 258 g/mol. The van der Waals surface area contributed by atoms with Crippen LogP contribution in [0.25, 0.3) is 0 Å². The second-order valence-corrected chi connectivity index (χ2v) is 5.40. The Balaban J connectivity index is 3.00. The number of thiol groups is 2. The van der Waals surface area contributed by atoms with Gasteiger partial charge in [-0.15, -0.1) is 25.3 Å². The molecule has 0 heterocycles. The number of aliphatic hydroxyl groups is 2. The van der Waals surface area contributed by atoms with E-state index in [9.17, 15) is 10.2 Å². The number of hydrogen-bond acceptors (Lipinski definition) is 4. The van der Waals surface area contributed by atoms with E-state index in [2.05, 4.69) is 25.3 Å². The Kier molecular flexibility index (Phi) is 4.35. The molecule has 0 saturated heterocycles. The third-order valence-electron chi connectivity index (χ3n) is 2.80. The predicted octanol–water partition coefficient (Wildman–Crippen LogP) is 2.66. The van der Waals surface area contributed by atoms with Gasteiger partial charge >= 0.3 is 0 Å². The molecular formula is C12H18O2S2. The lowest BCUT2D eigenvalue weighted by molar-refractivity contribution is 0.132. The fourth-order valence-electron chi connectivity index (χ4n) is 1.41. The van der Waals surface area contributed by atoms with Gasteiger partial charge in [0.2, 0.25) is 0 Å². The van der Waals surface area contributed by atoms with Crippen LogP contribution in [-0.4, -0.2) is 10.2 Å². The predicted molar refractivity (Wildman–Crippen MR) is 72.8 cm³/mol. The maximum absolute atomic E-state index is 9.93. The molecule has 0 fully saturated rings. The van der Waals surface area contributed by atoms with Crippen molar-refractivity contribution in [3.05, 3.63) is 35.4 Å². The first-order chi connectivity index (χ1) is 7.33. The highest BCUT2D eigenvalue weighted by molar-refractivity contribution is 7.81. The Hall–Kier alpha value is -0.160. The molecule has 0 amide bonds. The third kappa shape index (κ3) is 2.94. The van der Waals surface area contributed by atoms with E-state index in [1.54, 1.807) is 24.3 Å². The molecule has 0 bridgehead atoms. The number of hydrogen-bond donors (Lipinski definition) is 4. The summed E-state index contributed by atoms with van der Waals surface area (Å²) in [5, 5.41) is 19.9. The Morgan fingerprint density at radius 3 is 1.31 bits per heavy atom. The molecule has 4 heteroatoms. The van der Waals surface area contributed by atoms with Crippen molar-refractivity contribution < 1.29 is 10.2 Å². The molecule has 2 atom stereocenters. The van der Waals surface area contributed by atoms with Crippen molar-refractivity contribution in [1.29, 1.82) is 0 Å². The van der Waals surface area contributed by atoms with Gasteiger partial charge in [-0.25, -0.2) is 0 Å². The highest BCUT2D eigenvalue weighted by atomic mass is 32.1. The zero-order chi connectivity index (χ0) is 12.4. The van der Waals surface area contributed by atoms with Crippen molar-refractivity contribution in [2.24, 2.45) is 0 Å². The summed E-state index contributed by atoms with van der Waals surface area (Å²) < 4.78 is 0. The van der Waals surface area contributed by atoms with Gasteiger partial charge < -0.3 is 10.2 Å². The van der Waals surface area contributed by atoms with Crippen molar-refractivity contribution in [3.8, 4) is 0 Å². The van der Waals surface area contributed by atoms with Crippen LogP contribution in [0.15, 0.2) is 24.3 Å². The minimum atomic E-state index is -1.11. The van der Waals surface area contributed by atoms with Crippen LogP contribution < -0.4 is 0 Å². The second-order valence-electron chi connectivity index (χ2n) is 3.92. The van der Waals surface area contributed by atoms with Crippen LogP contribution in [0.1, 0.15) is 37.8 Å². The van der Waals surface area contributed by atoms with Gasteiger partial charge in [-0.2, -0.15) is 0 Å². The Morgan fingerprint density at radius 1 is 0.875 bits per heavy atom. The molecule has 0 spiro atoms. The van der Waals surface area contributed by atoms with Crippen molar-refractivity contribution in [1.82, 2.24) is 0 Å². The summed E-state index contributed by atoms with van der Waals surface area (Å²) >= 11 is 8.36. The molecule has 0 radical (unpaired) electrons. The van der Waals surface area contributed by atoms with Crippen molar-refractivity contribution in [3.63, 3.8) is 0 Å². The van der Waals surface area contributed by atoms with Crippen LogP contribution in [0.3, 0.4) is 0 Å². The molecule has 16 heavy (non-hydrogen) atoms. The van der Waals surface area contributed by atoms with Gasteiger partial charge in [0.1, 0.15) is 9.87 Å². The van der Waals surface area contributed by atoms with E-state index in [-0.39, 0.29) is 0 Å². The van der Waals surface area contributed by atoms with Gasteiger partial charge in [0.15, 0.2) is 0 Å². The van der Waals surface area contributed by atoms with Gasteiger partial charge in [-0.05, 0) is 24.0 Å². The number of benzene rings is 1. The summed E-state index contributed by atoms with van der Waals surface area (Å²) in [7, 11) is 0. The minimum Gasteiger partial charge on any atom is -0.376 e. The lowest BCUT2D eigenvalue weighted by Crippen LogP contribution is -2.19. The quantitative estimate of drug-likeness (QED) is 0.495. The molecule has 2 N–H and O–H groups in total. The standard InChI is InChI=1S/C12H18O2S2/c1-3-11(13,15)9-5-7-10(8-6-9)12(14,16)4-2/h5-8,13-16H,3-4H2,1-2H3. The fourth-order valence-corrected chi connectivity index (χ4v) is 1.71. The van der Waals surface area contributed by atoms with E-state index in [4.69, 9.17) is 0 Å². The largest absolute Gasteiger partial charge is 0.376 e. The Bertz CT molecular complexity index is 310. The molecule has 0 saturated carbocycles. The normalized spacial score (nSPS) is 18.9. The average molecular weight is 258 g/mol. The van der Waals surface area contributed by atoms with Gasteiger partial charge in [-0.1, -0.05) is 38.1 Å². The molecule has 2 nitrogen and oxygen atoms in total. The summed E-state index contributed by atoms with van der Waals surface area (Å²) in [6, 6.07) is 7.07. The molecule has 90 valence electrons. The van der Waals surface area contributed by atoms with Crippen LogP contribution >= 0.6 is 25.3 Å². The van der Waals surface area contributed by atoms with Crippen LogP contribution in [0.2, 0.25) is 0 Å². The molecule has 1 rings (SSSR count). The highest BCUT2D eigenvalue weighted by Gasteiger charge is 2.25. The zero-order valence-electron chi connectivity index (χ0n) is 9.51. The van der Waals surface area contributed by atoms with Crippen molar-refractivity contribution in [2.45, 2.75) is 36.6 Å². The molecule has 1 aromatic carbocycles. The molecule has 0 aromatic heterocycles. The van der Waals surface area contributed by atoms with E-state index in [0.29, 0.717) is 12.8 Å². The lowest BCUT2D eigenvalue weighted by Gasteiger charge is -2.24. The lowest BCUT2D eigenvalue weighted by atomic mass is 10.0. The minimum absolute atomic E-state index is 0.522. The molecule has 2 unspecified atom stereocenters. The van der Waals surface area contributed by atoms with Crippen LogP contribution in [0, 0.1) is 0 Å². The summed E-state index contributed by atoms with van der Waals surface area (Å²) in [5.41, 5.74) is 1.45. The summed E-state index contributed by atoms with van der Waals surface area (Å²) in [4.78, 5) is -2.22. The SMILES string of the molecule is CCC(O)(S)c1ccc(C(O)(S)CC)cc1. The highest BCUT2D eigenvalue weighted by Crippen LogP contribution is 2.33. The van der Waals surface area contributed by atoms with Crippen molar-refractivity contribution in [2.75, 3.05) is 0 Å². The van der Waals surface area contributed by atoms with Gasteiger partial charge in [0, 0.05) is 0 Å². The fraction of sp³-hybridized carbons (Fsp3) is 0.500. The molecule has 0 aliphatic rings.